The van der Waals surface area contributed by atoms with Crippen molar-refractivity contribution < 1.29 is 14.0 Å². The highest BCUT2D eigenvalue weighted by atomic mass is 19.1. The van der Waals surface area contributed by atoms with Crippen LogP contribution in [0.1, 0.15) is 50.5 Å². The maximum Gasteiger partial charge on any atom is 0.235 e. The zero-order chi connectivity index (χ0) is 18.4. The minimum absolute atomic E-state index is 0.169. The van der Waals surface area contributed by atoms with Crippen molar-refractivity contribution in [3.63, 3.8) is 0 Å². The molecule has 1 aromatic carbocycles. The molecule has 1 saturated carbocycles. The van der Waals surface area contributed by atoms with Gasteiger partial charge in [-0.05, 0) is 63.0 Å². The Morgan fingerprint density at radius 2 is 1.69 bits per heavy atom. The van der Waals surface area contributed by atoms with Crippen LogP contribution in [0.5, 0.6) is 0 Å². The van der Waals surface area contributed by atoms with E-state index in [-0.39, 0.29) is 17.6 Å². The summed E-state index contributed by atoms with van der Waals surface area (Å²) >= 11 is 0. The van der Waals surface area contributed by atoms with Gasteiger partial charge in [0.2, 0.25) is 11.8 Å². The Morgan fingerprint density at radius 3 is 2.31 bits per heavy atom. The van der Waals surface area contributed by atoms with Crippen LogP contribution in [0.2, 0.25) is 0 Å². The lowest BCUT2D eigenvalue weighted by Crippen LogP contribution is -2.43. The number of hydrogen-bond acceptors (Lipinski definition) is 2. The first kappa shape index (κ1) is 18.6. The van der Waals surface area contributed by atoms with E-state index in [0.717, 1.165) is 19.3 Å². The topological polar surface area (TPSA) is 58.2 Å². The maximum atomic E-state index is 13.6. The monoisotopic (exact) mass is 358 g/mol. The summed E-state index contributed by atoms with van der Waals surface area (Å²) in [6.45, 7) is 0.927. The number of amides is 2. The number of nitrogens with one attached hydrogen (secondary N) is 2. The third-order valence-corrected chi connectivity index (χ3v) is 5.37. The Bertz CT molecular complexity index is 695. The van der Waals surface area contributed by atoms with Crippen LogP contribution in [0.15, 0.2) is 35.9 Å². The van der Waals surface area contributed by atoms with Crippen LogP contribution >= 0.6 is 0 Å². The second-order valence-electron chi connectivity index (χ2n) is 7.29. The molecule has 0 unspecified atom stereocenters. The van der Waals surface area contributed by atoms with Gasteiger partial charge in [0.05, 0.1) is 0 Å². The van der Waals surface area contributed by atoms with Crippen molar-refractivity contribution in [1.82, 2.24) is 10.6 Å². The van der Waals surface area contributed by atoms with Gasteiger partial charge in [0.1, 0.15) is 11.2 Å². The van der Waals surface area contributed by atoms with Gasteiger partial charge in [0.15, 0.2) is 0 Å². The quantitative estimate of drug-likeness (QED) is 0.553. The van der Waals surface area contributed by atoms with E-state index < -0.39 is 5.41 Å². The molecule has 0 aliphatic heterocycles. The van der Waals surface area contributed by atoms with Crippen molar-refractivity contribution in [3.05, 3.63) is 47.3 Å². The van der Waals surface area contributed by atoms with Crippen LogP contribution in [0.25, 0.3) is 0 Å². The highest BCUT2D eigenvalue weighted by Crippen LogP contribution is 2.46. The molecule has 0 bridgehead atoms. The summed E-state index contributed by atoms with van der Waals surface area (Å²) in [6, 6.07) is 6.54. The van der Waals surface area contributed by atoms with Crippen LogP contribution in [0.3, 0.4) is 0 Å². The van der Waals surface area contributed by atoms with Crippen molar-refractivity contribution in [2.75, 3.05) is 13.1 Å². The minimum Gasteiger partial charge on any atom is -0.355 e. The Hall–Kier alpha value is -2.17. The zero-order valence-electron chi connectivity index (χ0n) is 15.2. The van der Waals surface area contributed by atoms with E-state index in [1.54, 1.807) is 18.2 Å². The van der Waals surface area contributed by atoms with Crippen LogP contribution in [0.4, 0.5) is 4.39 Å². The van der Waals surface area contributed by atoms with Crippen molar-refractivity contribution in [2.24, 2.45) is 5.41 Å². The molecule has 2 aliphatic rings. The second-order valence-corrected chi connectivity index (χ2v) is 7.29. The highest BCUT2D eigenvalue weighted by molar-refractivity contribution is 6.07. The summed E-state index contributed by atoms with van der Waals surface area (Å²) in [4.78, 5) is 24.9. The summed E-state index contributed by atoms with van der Waals surface area (Å²) in [6.07, 6.45) is 9.49. The molecular weight excluding hydrogens is 331 g/mol. The van der Waals surface area contributed by atoms with Crippen LogP contribution in [-0.4, -0.2) is 24.9 Å². The van der Waals surface area contributed by atoms with Gasteiger partial charge in [0.25, 0.3) is 0 Å². The predicted octanol–water partition coefficient (Wildman–Crippen LogP) is 3.27. The molecule has 0 aromatic heterocycles. The summed E-state index contributed by atoms with van der Waals surface area (Å²) in [5, 5.41) is 5.73. The smallest absolute Gasteiger partial charge is 0.235 e. The Labute approximate surface area is 154 Å². The number of benzene rings is 1. The van der Waals surface area contributed by atoms with Crippen LogP contribution in [0, 0.1) is 11.2 Å². The van der Waals surface area contributed by atoms with Crippen molar-refractivity contribution in [2.45, 2.75) is 51.4 Å². The third-order valence-electron chi connectivity index (χ3n) is 5.37. The van der Waals surface area contributed by atoms with Gasteiger partial charge < -0.3 is 10.6 Å². The molecule has 4 nitrogen and oxygen atoms in total. The lowest BCUT2D eigenvalue weighted by atomic mass is 9.97. The molecule has 0 saturated heterocycles. The number of rotatable bonds is 8. The van der Waals surface area contributed by atoms with Gasteiger partial charge in [-0.1, -0.05) is 29.8 Å². The standard InChI is InChI=1S/C21H27FN2O2/c22-18-9-5-4-8-17(18)11-15-24-20(26)21(12-13-21)19(25)23-14-10-16-6-2-1-3-7-16/h4-6,8-9H,1-3,7,10-15H2,(H,23,25)(H,24,26). The van der Waals surface area contributed by atoms with Gasteiger partial charge in [-0.15, -0.1) is 0 Å². The maximum absolute atomic E-state index is 13.6. The summed E-state index contributed by atoms with van der Waals surface area (Å²) in [7, 11) is 0. The molecule has 1 aromatic rings. The normalized spacial score (nSPS) is 18.0. The summed E-state index contributed by atoms with van der Waals surface area (Å²) in [5.74, 6) is -0.668. The highest BCUT2D eigenvalue weighted by Gasteiger charge is 2.56. The van der Waals surface area contributed by atoms with Crippen molar-refractivity contribution in [1.29, 1.82) is 0 Å². The lowest BCUT2D eigenvalue weighted by Gasteiger charge is -2.17. The molecule has 3 rings (SSSR count). The van der Waals surface area contributed by atoms with E-state index >= 15 is 0 Å². The van der Waals surface area contributed by atoms with Gasteiger partial charge in [-0.25, -0.2) is 4.39 Å². The largest absolute Gasteiger partial charge is 0.355 e. The Morgan fingerprint density at radius 1 is 1.00 bits per heavy atom. The first-order valence-corrected chi connectivity index (χ1v) is 9.60. The molecule has 0 atom stereocenters. The molecule has 5 heteroatoms. The number of allylic oxidation sites excluding steroid dienone is 1. The number of carbonyl (C=O) groups excluding carboxylic acids is 2. The third kappa shape index (κ3) is 4.51. The van der Waals surface area contributed by atoms with Crippen molar-refractivity contribution >= 4 is 11.8 Å². The first-order chi connectivity index (χ1) is 12.6. The Balaban J connectivity index is 1.42. The zero-order valence-corrected chi connectivity index (χ0v) is 15.2. The molecule has 26 heavy (non-hydrogen) atoms. The van der Waals surface area contributed by atoms with Gasteiger partial charge in [0, 0.05) is 13.1 Å². The van der Waals surface area contributed by atoms with E-state index in [9.17, 15) is 14.0 Å². The Kier molecular flexibility index (Phi) is 6.07. The minimum atomic E-state index is -0.907. The predicted molar refractivity (Wildman–Crippen MR) is 99.0 cm³/mol. The molecule has 140 valence electrons. The SMILES string of the molecule is O=C(NCCC1=CCCCC1)C1(C(=O)NCCc2ccccc2F)CC1. The first-order valence-electron chi connectivity index (χ1n) is 9.60. The molecule has 2 N–H and O–H groups in total. The van der Waals surface area contributed by atoms with E-state index in [1.165, 1.54) is 24.5 Å². The fraction of sp³-hybridized carbons (Fsp3) is 0.524. The number of halogens is 1. The van der Waals surface area contributed by atoms with E-state index in [4.69, 9.17) is 0 Å². The molecule has 2 aliphatic carbocycles. The second kappa shape index (κ2) is 8.47. The molecule has 1 fully saturated rings. The van der Waals surface area contributed by atoms with E-state index in [0.29, 0.717) is 37.9 Å². The van der Waals surface area contributed by atoms with E-state index in [1.807, 2.05) is 0 Å². The van der Waals surface area contributed by atoms with Gasteiger partial charge >= 0.3 is 0 Å². The fourth-order valence-electron chi connectivity index (χ4n) is 3.50. The lowest BCUT2D eigenvalue weighted by molar-refractivity contribution is -0.137. The molecule has 2 amide bonds. The van der Waals surface area contributed by atoms with Gasteiger partial charge in [-0.3, -0.25) is 9.59 Å². The van der Waals surface area contributed by atoms with Crippen LogP contribution in [-0.2, 0) is 16.0 Å². The number of carbonyl (C=O) groups is 2. The van der Waals surface area contributed by atoms with Crippen LogP contribution < -0.4 is 10.6 Å². The van der Waals surface area contributed by atoms with E-state index in [2.05, 4.69) is 16.7 Å². The molecule has 0 heterocycles. The van der Waals surface area contributed by atoms with Gasteiger partial charge in [-0.2, -0.15) is 0 Å². The molecular formula is C21H27FN2O2. The average Bonchev–Trinajstić information content (AvgIpc) is 3.46. The fourth-order valence-corrected chi connectivity index (χ4v) is 3.50. The summed E-state index contributed by atoms with van der Waals surface area (Å²) < 4.78 is 13.6. The molecule has 0 spiro atoms. The summed E-state index contributed by atoms with van der Waals surface area (Å²) in [5.41, 5.74) is 1.08. The van der Waals surface area contributed by atoms with Crippen molar-refractivity contribution in [3.8, 4) is 0 Å². The average molecular weight is 358 g/mol. The number of hydrogen-bond donors (Lipinski definition) is 2. The molecule has 0 radical (unpaired) electrons.